The van der Waals surface area contributed by atoms with Crippen LogP contribution in [-0.4, -0.2) is 31.0 Å². The van der Waals surface area contributed by atoms with Gasteiger partial charge in [-0.15, -0.1) is 0 Å². The molecule has 1 aromatic rings. The van der Waals surface area contributed by atoms with E-state index in [2.05, 4.69) is 11.0 Å². The zero-order valence-corrected chi connectivity index (χ0v) is 13.9. The Balaban J connectivity index is 1.61. The van der Waals surface area contributed by atoms with Crippen molar-refractivity contribution in [3.8, 4) is 11.5 Å². The van der Waals surface area contributed by atoms with Gasteiger partial charge >= 0.3 is 0 Å². The van der Waals surface area contributed by atoms with Crippen LogP contribution in [0, 0.1) is 17.8 Å². The smallest absolute Gasteiger partial charge is 0.162 e. The third kappa shape index (κ3) is 2.00. The molecule has 3 heterocycles. The van der Waals surface area contributed by atoms with Gasteiger partial charge in [0, 0.05) is 30.1 Å². The molecule has 122 valence electrons. The fourth-order valence-electron chi connectivity index (χ4n) is 5.52. The van der Waals surface area contributed by atoms with Gasteiger partial charge in [-0.05, 0) is 50.0 Å². The van der Waals surface area contributed by atoms with Crippen LogP contribution in [0.25, 0.3) is 0 Å². The summed E-state index contributed by atoms with van der Waals surface area (Å²) < 4.78 is 10.9. The SMILES string of the molecule is COc1cc2c(cc1OC)N=C1C3C[C@H]4CC(C[C@H](C3)C4)N1C2. The highest BCUT2D eigenvalue weighted by Gasteiger charge is 2.46. The first-order valence-electron chi connectivity index (χ1n) is 8.85. The number of methoxy groups -OCH3 is 2. The summed E-state index contributed by atoms with van der Waals surface area (Å²) in [6.45, 7) is 0.981. The number of amidine groups is 1. The molecule has 4 bridgehead atoms. The lowest BCUT2D eigenvalue weighted by Crippen LogP contribution is -2.41. The fourth-order valence-corrected chi connectivity index (χ4v) is 5.52. The second-order valence-electron chi connectivity index (χ2n) is 7.70. The molecule has 0 amide bonds. The molecular weight excluding hydrogens is 288 g/mol. The van der Waals surface area contributed by atoms with Gasteiger partial charge in [-0.25, -0.2) is 4.99 Å². The van der Waals surface area contributed by atoms with Gasteiger partial charge in [0.05, 0.1) is 19.9 Å². The summed E-state index contributed by atoms with van der Waals surface area (Å²) in [7, 11) is 3.40. The summed E-state index contributed by atoms with van der Waals surface area (Å²) in [5.41, 5.74) is 2.35. The quantitative estimate of drug-likeness (QED) is 0.834. The Bertz CT molecular complexity index is 670. The molecule has 0 radical (unpaired) electrons. The molecular formula is C19H24N2O2. The number of ether oxygens (including phenoxy) is 2. The lowest BCUT2D eigenvalue weighted by atomic mass is 9.68. The third-order valence-electron chi connectivity index (χ3n) is 6.37. The minimum atomic E-state index is 0.674. The topological polar surface area (TPSA) is 34.1 Å². The number of nitrogens with zero attached hydrogens (tertiary/aromatic N) is 2. The summed E-state index contributed by atoms with van der Waals surface area (Å²) in [6, 6.07) is 4.87. The summed E-state index contributed by atoms with van der Waals surface area (Å²) in [6.07, 6.45) is 6.90. The van der Waals surface area contributed by atoms with Gasteiger partial charge in [-0.1, -0.05) is 0 Å². The highest BCUT2D eigenvalue weighted by Crippen LogP contribution is 2.51. The van der Waals surface area contributed by atoms with E-state index in [4.69, 9.17) is 14.5 Å². The van der Waals surface area contributed by atoms with E-state index in [1.54, 1.807) is 14.2 Å². The van der Waals surface area contributed by atoms with Crippen LogP contribution in [0.15, 0.2) is 17.1 Å². The van der Waals surface area contributed by atoms with Gasteiger partial charge in [0.1, 0.15) is 5.84 Å². The van der Waals surface area contributed by atoms with Gasteiger partial charge in [0.25, 0.3) is 0 Å². The Morgan fingerprint density at radius 1 is 0.957 bits per heavy atom. The highest BCUT2D eigenvalue weighted by molar-refractivity contribution is 5.90. The molecule has 3 aliphatic heterocycles. The van der Waals surface area contributed by atoms with Crippen LogP contribution in [0.4, 0.5) is 5.69 Å². The largest absolute Gasteiger partial charge is 0.493 e. The predicted molar refractivity (Wildman–Crippen MR) is 89.5 cm³/mol. The number of hydrogen-bond acceptors (Lipinski definition) is 4. The summed E-state index contributed by atoms with van der Waals surface area (Å²) in [5, 5.41) is 0. The molecule has 23 heavy (non-hydrogen) atoms. The molecule has 0 aromatic heterocycles. The summed E-state index contributed by atoms with van der Waals surface area (Å²) >= 11 is 0. The minimum absolute atomic E-state index is 0.674. The van der Waals surface area contributed by atoms with E-state index in [-0.39, 0.29) is 0 Å². The van der Waals surface area contributed by atoms with Gasteiger partial charge < -0.3 is 14.4 Å². The number of aliphatic imine (C=N–C) groups is 1. The van der Waals surface area contributed by atoms with E-state index in [1.807, 2.05) is 6.07 Å². The van der Waals surface area contributed by atoms with Crippen LogP contribution in [0.5, 0.6) is 11.5 Å². The lowest BCUT2D eigenvalue weighted by Gasteiger charge is -2.39. The van der Waals surface area contributed by atoms with Gasteiger partial charge in [0.2, 0.25) is 0 Å². The highest BCUT2D eigenvalue weighted by atomic mass is 16.5. The third-order valence-corrected chi connectivity index (χ3v) is 6.37. The van der Waals surface area contributed by atoms with E-state index in [9.17, 15) is 0 Å². The van der Waals surface area contributed by atoms with Crippen molar-refractivity contribution < 1.29 is 9.47 Å². The van der Waals surface area contributed by atoms with Crippen molar-refractivity contribution in [1.29, 1.82) is 0 Å². The zero-order valence-electron chi connectivity index (χ0n) is 13.9. The predicted octanol–water partition coefficient (Wildman–Crippen LogP) is 3.76. The lowest BCUT2D eigenvalue weighted by molar-refractivity contribution is 0.128. The number of fused-ring (bicyclic) bond motifs is 1. The maximum absolute atomic E-state index is 5.48. The van der Waals surface area contributed by atoms with Crippen molar-refractivity contribution in [1.82, 2.24) is 4.90 Å². The monoisotopic (exact) mass is 312 g/mol. The standard InChI is InChI=1S/C19H24N2O2/c1-22-17-8-14-10-21-15-6-11-3-12(7-15)5-13(4-11)19(21)20-16(14)9-18(17)23-2/h8-9,11-13,15H,3-7,10H2,1-2H3/t11-,12-,13?,15?/m0/s1. The van der Waals surface area contributed by atoms with Gasteiger partial charge in [0.15, 0.2) is 11.5 Å². The molecule has 4 nitrogen and oxygen atoms in total. The number of hydrogen-bond donors (Lipinski definition) is 0. The van der Waals surface area contributed by atoms with Gasteiger partial charge in [-0.2, -0.15) is 0 Å². The molecule has 2 aliphatic carbocycles. The minimum Gasteiger partial charge on any atom is -0.493 e. The van der Waals surface area contributed by atoms with Crippen LogP contribution in [-0.2, 0) is 6.54 Å². The van der Waals surface area contributed by atoms with Crippen LogP contribution >= 0.6 is 0 Å². The van der Waals surface area contributed by atoms with Crippen molar-refractivity contribution in [3.63, 3.8) is 0 Å². The van der Waals surface area contributed by atoms with Gasteiger partial charge in [-0.3, -0.25) is 0 Å². The molecule has 6 rings (SSSR count). The second-order valence-corrected chi connectivity index (χ2v) is 7.70. The van der Waals surface area contributed by atoms with Crippen molar-refractivity contribution >= 4 is 11.5 Å². The molecule has 2 atom stereocenters. The Hall–Kier alpha value is -1.71. The van der Waals surface area contributed by atoms with E-state index < -0.39 is 0 Å². The Morgan fingerprint density at radius 3 is 2.35 bits per heavy atom. The Morgan fingerprint density at radius 2 is 1.65 bits per heavy atom. The molecule has 4 heteroatoms. The molecule has 0 unspecified atom stereocenters. The van der Waals surface area contributed by atoms with Crippen LogP contribution in [0.1, 0.15) is 37.7 Å². The molecule has 0 spiro atoms. The molecule has 5 aliphatic rings. The maximum Gasteiger partial charge on any atom is 0.162 e. The van der Waals surface area contributed by atoms with Crippen LogP contribution in [0.3, 0.4) is 0 Å². The first-order chi connectivity index (χ1) is 11.2. The molecule has 0 N–H and O–H groups in total. The van der Waals surface area contributed by atoms with Crippen LogP contribution < -0.4 is 9.47 Å². The fraction of sp³-hybridized carbons (Fsp3) is 0.632. The Kier molecular flexibility index (Phi) is 2.91. The normalized spacial score (nSPS) is 33.7. The van der Waals surface area contributed by atoms with Crippen molar-refractivity contribution in [2.24, 2.45) is 22.7 Å². The number of benzene rings is 1. The summed E-state index contributed by atoms with van der Waals surface area (Å²) in [5.74, 6) is 5.48. The van der Waals surface area contributed by atoms with Crippen molar-refractivity contribution in [3.05, 3.63) is 17.7 Å². The van der Waals surface area contributed by atoms with Crippen molar-refractivity contribution in [2.45, 2.75) is 44.7 Å². The molecule has 4 fully saturated rings. The molecule has 2 saturated heterocycles. The van der Waals surface area contributed by atoms with E-state index >= 15 is 0 Å². The van der Waals surface area contributed by atoms with E-state index in [0.717, 1.165) is 35.6 Å². The zero-order chi connectivity index (χ0) is 15.6. The first-order valence-corrected chi connectivity index (χ1v) is 8.85. The first kappa shape index (κ1) is 13.7. The molecule has 2 saturated carbocycles. The summed E-state index contributed by atoms with van der Waals surface area (Å²) in [4.78, 5) is 7.74. The maximum atomic E-state index is 5.48. The second kappa shape index (κ2) is 4.89. The number of rotatable bonds is 2. The Labute approximate surface area is 137 Å². The molecule has 1 aromatic carbocycles. The van der Waals surface area contributed by atoms with E-state index in [0.29, 0.717) is 12.0 Å². The van der Waals surface area contributed by atoms with E-state index in [1.165, 1.54) is 43.5 Å². The average molecular weight is 312 g/mol. The van der Waals surface area contributed by atoms with Crippen LogP contribution in [0.2, 0.25) is 0 Å². The average Bonchev–Trinajstić information content (AvgIpc) is 2.73. The van der Waals surface area contributed by atoms with Crippen molar-refractivity contribution in [2.75, 3.05) is 14.2 Å².